The van der Waals surface area contributed by atoms with Gasteiger partial charge in [0.15, 0.2) is 0 Å². The molecule has 0 rings (SSSR count). The second-order valence-electron chi connectivity index (χ2n) is 1.88. The van der Waals surface area contributed by atoms with E-state index in [1.807, 2.05) is 0 Å². The van der Waals surface area contributed by atoms with Crippen molar-refractivity contribution in [1.82, 2.24) is 0 Å². The maximum atomic E-state index is 9.99. The molecule has 1 atom stereocenters. The van der Waals surface area contributed by atoms with Crippen molar-refractivity contribution in [1.29, 1.82) is 0 Å². The number of carboxylic acid groups (broad SMARTS) is 2. The molecule has 0 aromatic heterocycles. The number of carboxylic acids is 2. The van der Waals surface area contributed by atoms with Gasteiger partial charge in [-0.05, 0) is 6.42 Å². The molecule has 0 bridgehead atoms. The summed E-state index contributed by atoms with van der Waals surface area (Å²) in [4.78, 5) is 19.9. The van der Waals surface area contributed by atoms with Crippen molar-refractivity contribution >= 4 is 24.3 Å². The Morgan fingerprint density at radius 1 is 1.33 bits per heavy atom. The van der Waals surface area contributed by atoms with E-state index in [2.05, 4.69) is 0 Å². The van der Waals surface area contributed by atoms with Gasteiger partial charge in [-0.15, -0.1) is 12.4 Å². The lowest BCUT2D eigenvalue weighted by Crippen LogP contribution is -2.30. The molecule has 0 saturated carbocycles. The maximum absolute atomic E-state index is 9.99. The van der Waals surface area contributed by atoms with E-state index >= 15 is 0 Å². The van der Waals surface area contributed by atoms with Crippen LogP contribution in [0.3, 0.4) is 0 Å². The molecule has 74 valence electrons. The van der Waals surface area contributed by atoms with E-state index in [4.69, 9.17) is 15.9 Å². The monoisotopic (exact) mass is 201 g/mol. The molecule has 0 spiro atoms. The van der Waals surface area contributed by atoms with Crippen LogP contribution < -0.4 is 5.73 Å². The van der Waals surface area contributed by atoms with Crippen molar-refractivity contribution in [3.63, 3.8) is 0 Å². The Morgan fingerprint density at radius 3 is 2.00 bits per heavy atom. The second-order valence-corrected chi connectivity index (χ2v) is 1.88. The van der Waals surface area contributed by atoms with E-state index < -0.39 is 18.0 Å². The third-order valence-corrected chi connectivity index (χ3v) is 0.986. The Morgan fingerprint density at radius 2 is 1.75 bits per heavy atom. The van der Waals surface area contributed by atoms with Crippen LogP contribution >= 0.6 is 12.4 Å². The zero-order valence-electron chi connectivity index (χ0n) is 6.19. The van der Waals surface area contributed by atoms with Gasteiger partial charge in [0.2, 0.25) is 0 Å². The highest BCUT2D eigenvalue weighted by molar-refractivity contribution is 5.85. The quantitative estimate of drug-likeness (QED) is 0.529. The van der Waals surface area contributed by atoms with Crippen molar-refractivity contribution in [2.24, 2.45) is 5.73 Å². The van der Waals surface area contributed by atoms with Gasteiger partial charge in [-0.2, -0.15) is 0 Å². The molecule has 0 radical (unpaired) electrons. The zero-order chi connectivity index (χ0) is 8.15. The van der Waals surface area contributed by atoms with Crippen molar-refractivity contribution in [2.75, 3.05) is 0 Å². The van der Waals surface area contributed by atoms with Gasteiger partial charge in [-0.25, -0.2) is 0 Å². The molecule has 12 heavy (non-hydrogen) atoms. The topological polar surface area (TPSA) is 132 Å². The van der Waals surface area contributed by atoms with E-state index in [0.29, 0.717) is 0 Å². The van der Waals surface area contributed by atoms with Crippen LogP contribution in [-0.4, -0.2) is 33.7 Å². The molecule has 0 amide bonds. The Labute approximate surface area is 75.1 Å². The fourth-order valence-electron chi connectivity index (χ4n) is 0.402. The normalized spacial score (nSPS) is 10.4. The van der Waals surface area contributed by atoms with Crippen LogP contribution in [0.15, 0.2) is 0 Å². The van der Waals surface area contributed by atoms with Gasteiger partial charge in [0.25, 0.3) is 0 Å². The van der Waals surface area contributed by atoms with Gasteiger partial charge in [0.1, 0.15) is 6.04 Å². The Hall–Kier alpha value is -0.850. The van der Waals surface area contributed by atoms with Crippen LogP contribution in [0.5, 0.6) is 0 Å². The van der Waals surface area contributed by atoms with Crippen LogP contribution in [0.2, 0.25) is 0 Å². The number of aliphatic carboxylic acids is 2. The summed E-state index contributed by atoms with van der Waals surface area (Å²) in [5, 5.41) is 16.3. The molecule has 6 nitrogen and oxygen atoms in total. The second kappa shape index (κ2) is 8.25. The van der Waals surface area contributed by atoms with Crippen molar-refractivity contribution in [2.45, 2.75) is 18.9 Å². The SMILES string of the molecule is Cl.N[C@@H](CCC(=O)O)C(=O)O.O. The van der Waals surface area contributed by atoms with Crippen LogP contribution in [0.1, 0.15) is 12.8 Å². The first kappa shape index (κ1) is 17.3. The number of carbonyl (C=O) groups is 2. The Bertz CT molecular complexity index is 151. The summed E-state index contributed by atoms with van der Waals surface area (Å²) in [6.07, 6.45) is -0.224. The molecule has 0 unspecified atom stereocenters. The van der Waals surface area contributed by atoms with Crippen LogP contribution in [0.25, 0.3) is 0 Å². The molecule has 0 aromatic rings. The number of hydrogen-bond acceptors (Lipinski definition) is 3. The van der Waals surface area contributed by atoms with E-state index in [0.717, 1.165) is 0 Å². The van der Waals surface area contributed by atoms with E-state index in [-0.39, 0.29) is 30.7 Å². The minimum atomic E-state index is -1.17. The first-order chi connectivity index (χ1) is 4.54. The first-order valence-electron chi connectivity index (χ1n) is 2.74. The molecule has 0 aliphatic carbocycles. The molecule has 0 fully saturated rings. The summed E-state index contributed by atoms with van der Waals surface area (Å²) < 4.78 is 0. The Balaban J connectivity index is -0.000000405. The van der Waals surface area contributed by atoms with Gasteiger partial charge >= 0.3 is 11.9 Å². The smallest absolute Gasteiger partial charge is 0.320 e. The summed E-state index contributed by atoms with van der Waals surface area (Å²) in [6.45, 7) is 0. The lowest BCUT2D eigenvalue weighted by Gasteiger charge is -2.01. The van der Waals surface area contributed by atoms with E-state index in [1.165, 1.54) is 0 Å². The van der Waals surface area contributed by atoms with Crippen LogP contribution in [-0.2, 0) is 9.59 Å². The van der Waals surface area contributed by atoms with Gasteiger partial charge in [-0.1, -0.05) is 0 Å². The fraction of sp³-hybridized carbons (Fsp3) is 0.600. The molecule has 0 heterocycles. The molecule has 0 aliphatic rings. The predicted octanol–water partition coefficient (Wildman–Crippen LogP) is -1.14. The van der Waals surface area contributed by atoms with E-state index in [9.17, 15) is 9.59 Å². The molecule has 6 N–H and O–H groups in total. The van der Waals surface area contributed by atoms with Crippen molar-refractivity contribution in [3.05, 3.63) is 0 Å². The number of halogens is 1. The molecular formula is C5H12ClNO5. The number of hydrogen-bond donors (Lipinski definition) is 3. The molecular weight excluding hydrogens is 190 g/mol. The van der Waals surface area contributed by atoms with Crippen molar-refractivity contribution < 1.29 is 25.3 Å². The summed E-state index contributed by atoms with van der Waals surface area (Å²) >= 11 is 0. The minimum absolute atomic E-state index is 0. The number of nitrogens with two attached hydrogens (primary N) is 1. The standard InChI is InChI=1S/C5H9NO4.ClH.H2O/c6-3(5(9)10)1-2-4(7)8;;/h3H,1-2,6H2,(H,7,8)(H,9,10);1H;1H2/t3-;;/m0../s1. The molecule has 0 aliphatic heterocycles. The molecule has 0 saturated heterocycles. The van der Waals surface area contributed by atoms with Gasteiger partial charge in [0, 0.05) is 6.42 Å². The van der Waals surface area contributed by atoms with Gasteiger partial charge < -0.3 is 21.4 Å². The summed E-state index contributed by atoms with van der Waals surface area (Å²) in [6, 6.07) is -1.06. The average molecular weight is 202 g/mol. The maximum Gasteiger partial charge on any atom is 0.320 e. The fourth-order valence-corrected chi connectivity index (χ4v) is 0.402. The minimum Gasteiger partial charge on any atom is -0.481 e. The first-order valence-corrected chi connectivity index (χ1v) is 2.74. The van der Waals surface area contributed by atoms with Gasteiger partial charge in [0.05, 0.1) is 0 Å². The third kappa shape index (κ3) is 9.15. The predicted molar refractivity (Wildman–Crippen MR) is 43.3 cm³/mol. The van der Waals surface area contributed by atoms with Crippen LogP contribution in [0.4, 0.5) is 0 Å². The summed E-state index contributed by atoms with van der Waals surface area (Å²) in [5.41, 5.74) is 5.00. The largest absolute Gasteiger partial charge is 0.481 e. The third-order valence-electron chi connectivity index (χ3n) is 0.986. The molecule has 7 heteroatoms. The zero-order valence-corrected chi connectivity index (χ0v) is 7.00. The molecule has 0 aromatic carbocycles. The Kier molecular flexibility index (Phi) is 11.9. The summed E-state index contributed by atoms with van der Waals surface area (Å²) in [5.74, 6) is -2.20. The van der Waals surface area contributed by atoms with Gasteiger partial charge in [-0.3, -0.25) is 9.59 Å². The highest BCUT2D eigenvalue weighted by atomic mass is 35.5. The van der Waals surface area contributed by atoms with Crippen LogP contribution in [0, 0.1) is 0 Å². The van der Waals surface area contributed by atoms with E-state index in [1.54, 1.807) is 0 Å². The highest BCUT2D eigenvalue weighted by Crippen LogP contribution is 1.93. The lowest BCUT2D eigenvalue weighted by molar-refractivity contribution is -0.139. The highest BCUT2D eigenvalue weighted by Gasteiger charge is 2.12. The average Bonchev–Trinajstić information content (AvgIpc) is 1.82. The lowest BCUT2D eigenvalue weighted by atomic mass is 10.2. The summed E-state index contributed by atoms with van der Waals surface area (Å²) in [7, 11) is 0. The van der Waals surface area contributed by atoms with Crippen molar-refractivity contribution in [3.8, 4) is 0 Å². The number of rotatable bonds is 4.